The molecule has 148 valence electrons. The van der Waals surface area contributed by atoms with Gasteiger partial charge in [0.25, 0.3) is 5.91 Å². The molecule has 0 bridgehead atoms. The minimum Gasteiger partial charge on any atom is -0.452 e. The Kier molecular flexibility index (Phi) is 6.82. The first-order valence-corrected chi connectivity index (χ1v) is 9.19. The van der Waals surface area contributed by atoms with E-state index in [1.807, 2.05) is 0 Å². The minimum absolute atomic E-state index is 0.168. The van der Waals surface area contributed by atoms with Crippen LogP contribution in [-0.4, -0.2) is 48.2 Å². The van der Waals surface area contributed by atoms with Crippen molar-refractivity contribution in [1.29, 1.82) is 0 Å². The van der Waals surface area contributed by atoms with Gasteiger partial charge in [0.1, 0.15) is 5.60 Å². The van der Waals surface area contributed by atoms with Gasteiger partial charge in [-0.2, -0.15) is 0 Å². The van der Waals surface area contributed by atoms with Crippen LogP contribution in [0.3, 0.4) is 0 Å². The Hall–Kier alpha value is -2.57. The van der Waals surface area contributed by atoms with Crippen LogP contribution in [0, 0.1) is 5.92 Å². The number of anilines is 1. The summed E-state index contributed by atoms with van der Waals surface area (Å²) < 4.78 is 10.3. The van der Waals surface area contributed by atoms with Crippen LogP contribution in [-0.2, 0) is 14.3 Å². The molecule has 1 saturated heterocycles. The van der Waals surface area contributed by atoms with Gasteiger partial charge in [-0.1, -0.05) is 6.92 Å². The van der Waals surface area contributed by atoms with Crippen molar-refractivity contribution in [3.8, 4) is 0 Å². The zero-order valence-corrected chi connectivity index (χ0v) is 16.4. The number of hydrogen-bond donors (Lipinski definition) is 1. The zero-order chi connectivity index (χ0) is 20.0. The molecule has 2 rings (SSSR count). The number of carbonyl (C=O) groups is 3. The number of nitrogens with one attached hydrogen (secondary N) is 1. The van der Waals surface area contributed by atoms with Crippen molar-refractivity contribution in [2.45, 2.75) is 46.1 Å². The van der Waals surface area contributed by atoms with Crippen LogP contribution < -0.4 is 5.32 Å². The van der Waals surface area contributed by atoms with Crippen LogP contribution in [0.1, 0.15) is 50.9 Å². The van der Waals surface area contributed by atoms with Crippen molar-refractivity contribution in [2.24, 2.45) is 5.92 Å². The number of hydrogen-bond acceptors (Lipinski definition) is 5. The first-order chi connectivity index (χ1) is 12.6. The standard InChI is InChI=1S/C20H28N2O5/c1-14-6-5-11-22(12-14)17(23)13-26-18(24)15-7-9-16(10-8-15)21-19(25)27-20(2,3)4/h7-10,14H,5-6,11-13H2,1-4H3,(H,21,25)/t14-/m1/s1. The highest BCUT2D eigenvalue weighted by molar-refractivity contribution is 5.92. The first kappa shape index (κ1) is 20.7. The molecule has 0 saturated carbocycles. The monoisotopic (exact) mass is 376 g/mol. The third-order valence-electron chi connectivity index (χ3n) is 4.10. The SMILES string of the molecule is C[C@@H]1CCCN(C(=O)COC(=O)c2ccc(NC(=O)OC(C)(C)C)cc2)C1. The van der Waals surface area contributed by atoms with Gasteiger partial charge in [0.05, 0.1) is 5.56 Å². The third kappa shape index (κ3) is 6.92. The second-order valence-electron chi connectivity index (χ2n) is 7.87. The maximum Gasteiger partial charge on any atom is 0.412 e. The Morgan fingerprint density at radius 3 is 2.44 bits per heavy atom. The Labute approximate surface area is 160 Å². The molecule has 7 nitrogen and oxygen atoms in total. The number of benzene rings is 1. The number of carbonyl (C=O) groups excluding carboxylic acids is 3. The summed E-state index contributed by atoms with van der Waals surface area (Å²) in [5, 5.41) is 2.59. The number of esters is 1. The normalized spacial score (nSPS) is 17.2. The number of rotatable bonds is 4. The number of amides is 2. The molecule has 2 amide bonds. The van der Waals surface area contributed by atoms with Crippen molar-refractivity contribution in [1.82, 2.24) is 4.90 Å². The summed E-state index contributed by atoms with van der Waals surface area (Å²) in [7, 11) is 0. The summed E-state index contributed by atoms with van der Waals surface area (Å²) in [6.07, 6.45) is 1.53. The van der Waals surface area contributed by atoms with Gasteiger partial charge in [-0.15, -0.1) is 0 Å². The molecule has 1 fully saturated rings. The largest absolute Gasteiger partial charge is 0.452 e. The van der Waals surface area contributed by atoms with Crippen molar-refractivity contribution in [2.75, 3.05) is 25.0 Å². The van der Waals surface area contributed by atoms with Crippen molar-refractivity contribution in [3.63, 3.8) is 0 Å². The Morgan fingerprint density at radius 2 is 1.85 bits per heavy atom. The number of ether oxygens (including phenoxy) is 2. The second kappa shape index (κ2) is 8.88. The van der Waals surface area contributed by atoms with E-state index in [2.05, 4.69) is 12.2 Å². The molecule has 1 aromatic rings. The lowest BCUT2D eigenvalue weighted by Gasteiger charge is -2.30. The van der Waals surface area contributed by atoms with Crippen LogP contribution in [0.25, 0.3) is 0 Å². The van der Waals surface area contributed by atoms with E-state index >= 15 is 0 Å². The average Bonchev–Trinajstić information content (AvgIpc) is 2.58. The Bertz CT molecular complexity index is 679. The van der Waals surface area contributed by atoms with Crippen molar-refractivity contribution >= 4 is 23.7 Å². The fraction of sp³-hybridized carbons (Fsp3) is 0.550. The molecule has 1 heterocycles. The van der Waals surface area contributed by atoms with E-state index in [0.717, 1.165) is 12.8 Å². The second-order valence-corrected chi connectivity index (χ2v) is 7.87. The maximum absolute atomic E-state index is 12.2. The highest BCUT2D eigenvalue weighted by Crippen LogP contribution is 2.16. The molecular formula is C20H28N2O5. The van der Waals surface area contributed by atoms with Gasteiger partial charge in [0, 0.05) is 18.8 Å². The molecule has 1 atom stereocenters. The predicted octanol–water partition coefficient (Wildman–Crippen LogP) is 3.45. The fourth-order valence-corrected chi connectivity index (χ4v) is 2.83. The number of nitrogens with zero attached hydrogens (tertiary/aromatic N) is 1. The average molecular weight is 376 g/mol. The number of likely N-dealkylation sites (tertiary alicyclic amines) is 1. The molecule has 0 aliphatic carbocycles. The van der Waals surface area contributed by atoms with Gasteiger partial charge in [0.2, 0.25) is 0 Å². The molecular weight excluding hydrogens is 348 g/mol. The van der Waals surface area contributed by atoms with E-state index in [9.17, 15) is 14.4 Å². The lowest BCUT2D eigenvalue weighted by Crippen LogP contribution is -2.41. The molecule has 1 aliphatic rings. The summed E-state index contributed by atoms with van der Waals surface area (Å²) in [5.41, 5.74) is 0.218. The minimum atomic E-state index is -0.591. The quantitative estimate of drug-likeness (QED) is 0.814. The van der Waals surface area contributed by atoms with Crippen molar-refractivity contribution in [3.05, 3.63) is 29.8 Å². The molecule has 0 unspecified atom stereocenters. The third-order valence-corrected chi connectivity index (χ3v) is 4.10. The lowest BCUT2D eigenvalue weighted by atomic mass is 10.0. The summed E-state index contributed by atoms with van der Waals surface area (Å²) >= 11 is 0. The Balaban J connectivity index is 1.82. The van der Waals surface area contributed by atoms with Gasteiger partial charge >= 0.3 is 12.1 Å². The molecule has 27 heavy (non-hydrogen) atoms. The lowest BCUT2D eigenvalue weighted by molar-refractivity contribution is -0.136. The summed E-state index contributed by atoms with van der Waals surface area (Å²) in [6, 6.07) is 6.22. The predicted molar refractivity (Wildman–Crippen MR) is 102 cm³/mol. The highest BCUT2D eigenvalue weighted by Gasteiger charge is 2.22. The van der Waals surface area contributed by atoms with Crippen LogP contribution in [0.15, 0.2) is 24.3 Å². The molecule has 7 heteroatoms. The van der Waals surface area contributed by atoms with Crippen LogP contribution in [0.2, 0.25) is 0 Å². The van der Waals surface area contributed by atoms with E-state index < -0.39 is 17.7 Å². The van der Waals surface area contributed by atoms with Crippen molar-refractivity contribution < 1.29 is 23.9 Å². The maximum atomic E-state index is 12.2. The van der Waals surface area contributed by atoms with Gasteiger partial charge in [0.15, 0.2) is 6.61 Å². The van der Waals surface area contributed by atoms with Gasteiger partial charge in [-0.25, -0.2) is 9.59 Å². The molecule has 0 aromatic heterocycles. The van der Waals surface area contributed by atoms with E-state index in [0.29, 0.717) is 30.3 Å². The fourth-order valence-electron chi connectivity index (χ4n) is 2.83. The van der Waals surface area contributed by atoms with E-state index in [-0.39, 0.29) is 12.5 Å². The molecule has 1 N–H and O–H groups in total. The van der Waals surface area contributed by atoms with Gasteiger partial charge in [-0.3, -0.25) is 10.1 Å². The molecule has 0 radical (unpaired) electrons. The zero-order valence-electron chi connectivity index (χ0n) is 16.4. The van der Waals surface area contributed by atoms with E-state index in [4.69, 9.17) is 9.47 Å². The van der Waals surface area contributed by atoms with Gasteiger partial charge < -0.3 is 14.4 Å². The van der Waals surface area contributed by atoms with Gasteiger partial charge in [-0.05, 0) is 63.8 Å². The molecule has 1 aliphatic heterocycles. The van der Waals surface area contributed by atoms with E-state index in [1.165, 1.54) is 12.1 Å². The summed E-state index contributed by atoms with van der Waals surface area (Å²) in [5.74, 6) is -0.265. The van der Waals surface area contributed by atoms with Crippen LogP contribution in [0.5, 0.6) is 0 Å². The smallest absolute Gasteiger partial charge is 0.412 e. The summed E-state index contributed by atoms with van der Waals surface area (Å²) in [4.78, 5) is 37.7. The first-order valence-electron chi connectivity index (χ1n) is 9.19. The molecule has 0 spiro atoms. The van der Waals surface area contributed by atoms with Crippen LogP contribution in [0.4, 0.5) is 10.5 Å². The van der Waals surface area contributed by atoms with Crippen LogP contribution >= 0.6 is 0 Å². The van der Waals surface area contributed by atoms with E-state index in [1.54, 1.807) is 37.8 Å². The molecule has 1 aromatic carbocycles. The number of piperidine rings is 1. The topological polar surface area (TPSA) is 84.9 Å². The summed E-state index contributed by atoms with van der Waals surface area (Å²) in [6.45, 7) is 8.60. The Morgan fingerprint density at radius 1 is 1.19 bits per heavy atom. The highest BCUT2D eigenvalue weighted by atomic mass is 16.6.